The average Bonchev–Trinajstić information content (AvgIpc) is 2.83. The van der Waals surface area contributed by atoms with Crippen molar-refractivity contribution in [3.63, 3.8) is 0 Å². The van der Waals surface area contributed by atoms with Crippen molar-refractivity contribution in [2.75, 3.05) is 6.54 Å². The quantitative estimate of drug-likeness (QED) is 0.0616. The zero-order valence-electron chi connectivity index (χ0n) is 20.9. The van der Waals surface area contributed by atoms with Gasteiger partial charge in [-0.3, -0.25) is 24.2 Å². The largest absolute Gasteiger partial charge is 0.508 e. The van der Waals surface area contributed by atoms with E-state index < -0.39 is 60.2 Å². The predicted octanol–water partition coefficient (Wildman–Crippen LogP) is -2.26. The number of nitrogens with zero attached hydrogens (tertiary/aromatic N) is 1. The van der Waals surface area contributed by atoms with Crippen LogP contribution in [-0.2, 0) is 30.4 Å². The average molecular weight is 538 g/mol. The second-order valence-corrected chi connectivity index (χ2v) is 8.56. The number of nitrogens with one attached hydrogen (secondary N) is 3. The Bertz CT molecular complexity index is 1010. The first-order valence-electron chi connectivity index (χ1n) is 11.7. The van der Waals surface area contributed by atoms with Gasteiger partial charge in [0, 0.05) is 19.4 Å². The summed E-state index contributed by atoms with van der Waals surface area (Å²) in [5, 5.41) is 35.2. The van der Waals surface area contributed by atoms with Gasteiger partial charge in [0.2, 0.25) is 17.7 Å². The van der Waals surface area contributed by atoms with E-state index in [0.717, 1.165) is 0 Å². The van der Waals surface area contributed by atoms with E-state index in [1.165, 1.54) is 31.2 Å². The SMILES string of the molecule is CC(N)C(=O)NC(Cc1ccc(O)cc1)C(=O)NC(CCC(=O)O)C(=O)NC(CCCN=C(N)N)C(=O)O. The van der Waals surface area contributed by atoms with Gasteiger partial charge in [-0.25, -0.2) is 4.79 Å². The Hall–Kier alpha value is -4.40. The van der Waals surface area contributed by atoms with Crippen LogP contribution in [0, 0.1) is 0 Å². The molecule has 15 nitrogen and oxygen atoms in total. The van der Waals surface area contributed by atoms with Crippen molar-refractivity contribution in [1.29, 1.82) is 0 Å². The number of amides is 3. The fraction of sp³-hybridized carbons (Fsp3) is 0.478. The third-order valence-electron chi connectivity index (χ3n) is 5.26. The molecule has 1 aromatic carbocycles. The summed E-state index contributed by atoms with van der Waals surface area (Å²) in [5.41, 5.74) is 16.6. The molecule has 0 spiro atoms. The van der Waals surface area contributed by atoms with Crippen LogP contribution in [0.1, 0.15) is 38.2 Å². The summed E-state index contributed by atoms with van der Waals surface area (Å²) in [5.74, 6) is -5.16. The lowest BCUT2D eigenvalue weighted by Crippen LogP contribution is -2.57. The number of phenolic OH excluding ortho intramolecular Hbond substituents is 1. The summed E-state index contributed by atoms with van der Waals surface area (Å²) in [4.78, 5) is 64.8. The zero-order chi connectivity index (χ0) is 28.8. The third-order valence-corrected chi connectivity index (χ3v) is 5.26. The Morgan fingerprint density at radius 2 is 1.42 bits per heavy atom. The maximum Gasteiger partial charge on any atom is 0.326 e. The smallest absolute Gasteiger partial charge is 0.326 e. The molecule has 0 aliphatic carbocycles. The first kappa shape index (κ1) is 31.6. The van der Waals surface area contributed by atoms with Crippen LogP contribution in [0.3, 0.4) is 0 Å². The van der Waals surface area contributed by atoms with Crippen LogP contribution in [0.4, 0.5) is 0 Å². The number of phenols is 1. The zero-order valence-corrected chi connectivity index (χ0v) is 20.9. The molecule has 0 fully saturated rings. The number of rotatable bonds is 16. The summed E-state index contributed by atoms with van der Waals surface area (Å²) in [6.45, 7) is 1.53. The van der Waals surface area contributed by atoms with Gasteiger partial charge in [0.15, 0.2) is 5.96 Å². The number of carboxylic acid groups (broad SMARTS) is 2. The fourth-order valence-electron chi connectivity index (χ4n) is 3.22. The number of aliphatic imine (C=N–C) groups is 1. The molecular formula is C23H35N7O8. The van der Waals surface area contributed by atoms with E-state index in [-0.39, 0.29) is 43.9 Å². The number of carbonyl (C=O) groups is 5. The lowest BCUT2D eigenvalue weighted by molar-refractivity contribution is -0.143. The van der Waals surface area contributed by atoms with E-state index in [2.05, 4.69) is 20.9 Å². The van der Waals surface area contributed by atoms with Gasteiger partial charge in [-0.1, -0.05) is 12.1 Å². The van der Waals surface area contributed by atoms with E-state index in [0.29, 0.717) is 5.56 Å². The number of hydrogen-bond acceptors (Lipinski definition) is 8. The molecule has 1 rings (SSSR count). The summed E-state index contributed by atoms with van der Waals surface area (Å²) < 4.78 is 0. The second kappa shape index (κ2) is 15.7. The summed E-state index contributed by atoms with van der Waals surface area (Å²) >= 11 is 0. The van der Waals surface area contributed by atoms with E-state index in [1.807, 2.05) is 0 Å². The van der Waals surface area contributed by atoms with Gasteiger partial charge in [0.05, 0.1) is 6.04 Å². The first-order chi connectivity index (χ1) is 17.8. The highest BCUT2D eigenvalue weighted by Gasteiger charge is 2.30. The Balaban J connectivity index is 3.06. The van der Waals surface area contributed by atoms with Gasteiger partial charge in [-0.2, -0.15) is 0 Å². The molecule has 0 heterocycles. The summed E-state index contributed by atoms with van der Waals surface area (Å²) in [6, 6.07) is 0.892. The van der Waals surface area contributed by atoms with Crippen LogP contribution in [0.15, 0.2) is 29.3 Å². The number of hydrogen-bond donors (Lipinski definition) is 9. The fourth-order valence-corrected chi connectivity index (χ4v) is 3.22. The molecule has 0 saturated heterocycles. The molecular weight excluding hydrogens is 502 g/mol. The summed E-state index contributed by atoms with van der Waals surface area (Å²) in [7, 11) is 0. The lowest BCUT2D eigenvalue weighted by atomic mass is 10.0. The highest BCUT2D eigenvalue weighted by molar-refractivity contribution is 5.94. The van der Waals surface area contributed by atoms with Crippen LogP contribution in [0.25, 0.3) is 0 Å². The number of carbonyl (C=O) groups excluding carboxylic acids is 3. The molecule has 4 atom stereocenters. The maximum atomic E-state index is 13.1. The predicted molar refractivity (Wildman–Crippen MR) is 136 cm³/mol. The molecule has 0 bridgehead atoms. The van der Waals surface area contributed by atoms with Crippen molar-refractivity contribution in [2.45, 2.75) is 63.2 Å². The normalized spacial score (nSPS) is 13.7. The minimum atomic E-state index is -1.42. The van der Waals surface area contributed by atoms with Crippen molar-refractivity contribution in [2.24, 2.45) is 22.2 Å². The number of guanidine groups is 1. The molecule has 15 heteroatoms. The minimum absolute atomic E-state index is 0.00828. The highest BCUT2D eigenvalue weighted by atomic mass is 16.4. The number of benzene rings is 1. The number of carboxylic acids is 2. The van der Waals surface area contributed by atoms with Crippen LogP contribution in [0.5, 0.6) is 5.75 Å². The van der Waals surface area contributed by atoms with E-state index in [1.54, 1.807) is 0 Å². The summed E-state index contributed by atoms with van der Waals surface area (Å²) in [6.07, 6.45) is -0.707. The van der Waals surface area contributed by atoms with E-state index in [4.69, 9.17) is 22.3 Å². The monoisotopic (exact) mass is 537 g/mol. The van der Waals surface area contributed by atoms with Gasteiger partial charge in [0.25, 0.3) is 0 Å². The molecule has 0 aromatic heterocycles. The van der Waals surface area contributed by atoms with Crippen molar-refractivity contribution in [1.82, 2.24) is 16.0 Å². The number of aromatic hydroxyl groups is 1. The van der Waals surface area contributed by atoms with Gasteiger partial charge in [-0.05, 0) is 43.9 Å². The molecule has 0 aliphatic rings. The maximum absolute atomic E-state index is 13.1. The Morgan fingerprint density at radius 1 is 0.868 bits per heavy atom. The van der Waals surface area contributed by atoms with Crippen LogP contribution >= 0.6 is 0 Å². The molecule has 0 radical (unpaired) electrons. The Labute approximate surface area is 218 Å². The second-order valence-electron chi connectivity index (χ2n) is 8.56. The first-order valence-corrected chi connectivity index (χ1v) is 11.7. The standard InChI is InChI=1S/C23H35N7O8/c1-12(24)19(34)30-17(11-13-4-6-14(31)7-5-13)21(36)28-15(8-9-18(32)33)20(35)29-16(22(37)38)3-2-10-27-23(25)26/h4-7,12,15-17,31H,2-3,8-11,24H2,1H3,(H,28,36)(H,29,35)(H,30,34)(H,32,33)(H,37,38)(H4,25,26,27). The Kier molecular flexibility index (Phi) is 13.0. The molecule has 12 N–H and O–H groups in total. The minimum Gasteiger partial charge on any atom is -0.508 e. The molecule has 0 saturated carbocycles. The van der Waals surface area contributed by atoms with Crippen LogP contribution in [-0.4, -0.2) is 81.7 Å². The van der Waals surface area contributed by atoms with Crippen molar-refractivity contribution in [3.05, 3.63) is 29.8 Å². The van der Waals surface area contributed by atoms with Crippen LogP contribution < -0.4 is 33.2 Å². The van der Waals surface area contributed by atoms with Crippen molar-refractivity contribution in [3.8, 4) is 5.75 Å². The van der Waals surface area contributed by atoms with Gasteiger partial charge in [-0.15, -0.1) is 0 Å². The van der Waals surface area contributed by atoms with Crippen molar-refractivity contribution >= 4 is 35.6 Å². The lowest BCUT2D eigenvalue weighted by Gasteiger charge is -2.25. The molecule has 38 heavy (non-hydrogen) atoms. The number of nitrogens with two attached hydrogens (primary N) is 3. The molecule has 0 aliphatic heterocycles. The number of aliphatic carboxylic acids is 2. The van der Waals surface area contributed by atoms with Crippen molar-refractivity contribution < 1.29 is 39.3 Å². The van der Waals surface area contributed by atoms with Gasteiger partial charge >= 0.3 is 11.9 Å². The highest BCUT2D eigenvalue weighted by Crippen LogP contribution is 2.12. The molecule has 4 unspecified atom stereocenters. The molecule has 210 valence electrons. The molecule has 1 aromatic rings. The van der Waals surface area contributed by atoms with E-state index in [9.17, 15) is 34.2 Å². The molecule has 3 amide bonds. The van der Waals surface area contributed by atoms with Gasteiger partial charge < -0.3 is 48.5 Å². The Morgan fingerprint density at radius 3 is 1.95 bits per heavy atom. The van der Waals surface area contributed by atoms with Gasteiger partial charge in [0.1, 0.15) is 23.9 Å². The topological polar surface area (TPSA) is 273 Å². The van der Waals surface area contributed by atoms with E-state index >= 15 is 0 Å². The van der Waals surface area contributed by atoms with Crippen LogP contribution in [0.2, 0.25) is 0 Å². The third kappa shape index (κ3) is 12.0.